The molecule has 0 aliphatic rings. The van der Waals surface area contributed by atoms with E-state index in [9.17, 15) is 0 Å². The average molecular weight is 238 g/mol. The standard InChI is InChI=1S/C14H26N2O/c1-5-7-12(2)15-10-13(3)16(4)11-14-8-6-9-17-14/h6,8-9,12-13,15H,5,7,10-11H2,1-4H3. The molecule has 0 fully saturated rings. The van der Waals surface area contributed by atoms with Gasteiger partial charge < -0.3 is 9.73 Å². The summed E-state index contributed by atoms with van der Waals surface area (Å²) in [5.41, 5.74) is 0. The van der Waals surface area contributed by atoms with Crippen LogP contribution in [0.3, 0.4) is 0 Å². The van der Waals surface area contributed by atoms with Crippen LogP contribution in [0.25, 0.3) is 0 Å². The molecule has 2 unspecified atom stereocenters. The molecule has 17 heavy (non-hydrogen) atoms. The molecule has 0 aliphatic heterocycles. The number of nitrogens with zero attached hydrogens (tertiary/aromatic N) is 1. The molecule has 0 spiro atoms. The Morgan fingerprint density at radius 3 is 2.76 bits per heavy atom. The van der Waals surface area contributed by atoms with Crippen LogP contribution in [0.1, 0.15) is 39.4 Å². The van der Waals surface area contributed by atoms with Crippen LogP contribution >= 0.6 is 0 Å². The zero-order chi connectivity index (χ0) is 12.7. The molecule has 3 heteroatoms. The van der Waals surface area contributed by atoms with Gasteiger partial charge in [0.2, 0.25) is 0 Å². The summed E-state index contributed by atoms with van der Waals surface area (Å²) in [6.07, 6.45) is 4.22. The highest BCUT2D eigenvalue weighted by Crippen LogP contribution is 2.06. The lowest BCUT2D eigenvalue weighted by atomic mass is 10.2. The van der Waals surface area contributed by atoms with Crippen molar-refractivity contribution in [2.45, 2.75) is 52.2 Å². The Balaban J connectivity index is 2.24. The van der Waals surface area contributed by atoms with E-state index in [2.05, 4.69) is 38.0 Å². The van der Waals surface area contributed by atoms with Gasteiger partial charge in [-0.05, 0) is 39.4 Å². The average Bonchev–Trinajstić information content (AvgIpc) is 2.79. The minimum Gasteiger partial charge on any atom is -0.468 e. The molecule has 1 heterocycles. The van der Waals surface area contributed by atoms with Crippen molar-refractivity contribution in [1.29, 1.82) is 0 Å². The maximum absolute atomic E-state index is 5.36. The van der Waals surface area contributed by atoms with Crippen molar-refractivity contribution in [3.8, 4) is 0 Å². The van der Waals surface area contributed by atoms with Gasteiger partial charge in [-0.3, -0.25) is 4.90 Å². The number of nitrogens with one attached hydrogen (secondary N) is 1. The monoisotopic (exact) mass is 238 g/mol. The van der Waals surface area contributed by atoms with E-state index < -0.39 is 0 Å². The third kappa shape index (κ3) is 5.37. The fourth-order valence-corrected chi connectivity index (χ4v) is 1.87. The van der Waals surface area contributed by atoms with Gasteiger partial charge in [0.15, 0.2) is 0 Å². The van der Waals surface area contributed by atoms with Gasteiger partial charge in [0, 0.05) is 18.6 Å². The van der Waals surface area contributed by atoms with Crippen molar-refractivity contribution in [3.05, 3.63) is 24.2 Å². The van der Waals surface area contributed by atoms with E-state index >= 15 is 0 Å². The van der Waals surface area contributed by atoms with E-state index in [1.54, 1.807) is 6.26 Å². The first kappa shape index (κ1) is 14.3. The lowest BCUT2D eigenvalue weighted by Crippen LogP contribution is -2.40. The van der Waals surface area contributed by atoms with Crippen molar-refractivity contribution < 1.29 is 4.42 Å². The third-order valence-corrected chi connectivity index (χ3v) is 3.22. The number of hydrogen-bond donors (Lipinski definition) is 1. The summed E-state index contributed by atoms with van der Waals surface area (Å²) in [5, 5.41) is 3.57. The first-order valence-corrected chi connectivity index (χ1v) is 6.59. The molecule has 0 aromatic carbocycles. The van der Waals surface area contributed by atoms with E-state index in [4.69, 9.17) is 4.42 Å². The van der Waals surface area contributed by atoms with Crippen molar-refractivity contribution >= 4 is 0 Å². The molecule has 0 bridgehead atoms. The zero-order valence-electron chi connectivity index (χ0n) is 11.6. The van der Waals surface area contributed by atoms with Crippen LogP contribution in [0.5, 0.6) is 0 Å². The Kier molecular flexibility index (Phi) is 6.30. The molecule has 0 aliphatic carbocycles. The van der Waals surface area contributed by atoms with E-state index in [1.807, 2.05) is 12.1 Å². The van der Waals surface area contributed by atoms with Crippen LogP contribution in [0.2, 0.25) is 0 Å². The SMILES string of the molecule is CCCC(C)NCC(C)N(C)Cc1ccco1. The topological polar surface area (TPSA) is 28.4 Å². The molecule has 1 aromatic rings. The summed E-state index contributed by atoms with van der Waals surface area (Å²) in [6.45, 7) is 8.62. The molecular formula is C14H26N2O. The highest BCUT2D eigenvalue weighted by molar-refractivity contribution is 4.97. The Morgan fingerprint density at radius 2 is 2.18 bits per heavy atom. The minimum atomic E-state index is 0.513. The molecule has 1 aromatic heterocycles. The van der Waals surface area contributed by atoms with Gasteiger partial charge in [0.1, 0.15) is 5.76 Å². The lowest BCUT2D eigenvalue weighted by molar-refractivity contribution is 0.220. The molecule has 2 atom stereocenters. The fraction of sp³-hybridized carbons (Fsp3) is 0.714. The van der Waals surface area contributed by atoms with E-state index in [0.717, 1.165) is 18.8 Å². The van der Waals surface area contributed by atoms with Crippen molar-refractivity contribution in [2.24, 2.45) is 0 Å². The Morgan fingerprint density at radius 1 is 1.41 bits per heavy atom. The molecule has 3 nitrogen and oxygen atoms in total. The second-order valence-electron chi connectivity index (χ2n) is 4.94. The third-order valence-electron chi connectivity index (χ3n) is 3.22. The number of hydrogen-bond acceptors (Lipinski definition) is 3. The van der Waals surface area contributed by atoms with Crippen LogP contribution in [0.4, 0.5) is 0 Å². The molecule has 0 radical (unpaired) electrons. The van der Waals surface area contributed by atoms with E-state index in [0.29, 0.717) is 12.1 Å². The summed E-state index contributed by atoms with van der Waals surface area (Å²) >= 11 is 0. The van der Waals surface area contributed by atoms with Gasteiger partial charge in [-0.1, -0.05) is 13.3 Å². The second-order valence-corrected chi connectivity index (χ2v) is 4.94. The van der Waals surface area contributed by atoms with Crippen LogP contribution in [0.15, 0.2) is 22.8 Å². The largest absolute Gasteiger partial charge is 0.468 e. The second kappa shape index (κ2) is 7.51. The van der Waals surface area contributed by atoms with Crippen LogP contribution in [-0.2, 0) is 6.54 Å². The minimum absolute atomic E-state index is 0.513. The first-order valence-electron chi connectivity index (χ1n) is 6.59. The van der Waals surface area contributed by atoms with E-state index in [-0.39, 0.29) is 0 Å². The van der Waals surface area contributed by atoms with Crippen molar-refractivity contribution in [3.63, 3.8) is 0 Å². The van der Waals surface area contributed by atoms with Gasteiger partial charge in [0.25, 0.3) is 0 Å². The lowest BCUT2D eigenvalue weighted by Gasteiger charge is -2.25. The van der Waals surface area contributed by atoms with Crippen molar-refractivity contribution in [1.82, 2.24) is 10.2 Å². The van der Waals surface area contributed by atoms with Crippen LogP contribution < -0.4 is 5.32 Å². The summed E-state index contributed by atoms with van der Waals surface area (Å²) in [4.78, 5) is 2.31. The Bertz CT molecular complexity index is 284. The fourth-order valence-electron chi connectivity index (χ4n) is 1.87. The highest BCUT2D eigenvalue weighted by Gasteiger charge is 2.11. The molecule has 1 rings (SSSR count). The number of rotatable bonds is 8. The smallest absolute Gasteiger partial charge is 0.117 e. The van der Waals surface area contributed by atoms with Gasteiger partial charge >= 0.3 is 0 Å². The van der Waals surface area contributed by atoms with Gasteiger partial charge in [0.05, 0.1) is 12.8 Å². The molecule has 1 N–H and O–H groups in total. The van der Waals surface area contributed by atoms with Crippen LogP contribution in [-0.4, -0.2) is 30.6 Å². The quantitative estimate of drug-likeness (QED) is 0.755. The first-order chi connectivity index (χ1) is 8.13. The van der Waals surface area contributed by atoms with Gasteiger partial charge in [-0.2, -0.15) is 0 Å². The van der Waals surface area contributed by atoms with Gasteiger partial charge in [-0.15, -0.1) is 0 Å². The molecule has 0 amide bonds. The van der Waals surface area contributed by atoms with Crippen molar-refractivity contribution in [2.75, 3.05) is 13.6 Å². The molecular weight excluding hydrogens is 212 g/mol. The summed E-state index contributed by atoms with van der Waals surface area (Å²) < 4.78 is 5.36. The molecule has 0 saturated heterocycles. The van der Waals surface area contributed by atoms with Gasteiger partial charge in [-0.25, -0.2) is 0 Å². The normalized spacial score (nSPS) is 15.1. The summed E-state index contributed by atoms with van der Waals surface area (Å²) in [6, 6.07) is 5.09. The zero-order valence-corrected chi connectivity index (χ0v) is 11.6. The predicted molar refractivity (Wildman–Crippen MR) is 72.0 cm³/mol. The predicted octanol–water partition coefficient (Wildman–Crippen LogP) is 2.88. The molecule has 98 valence electrons. The summed E-state index contributed by atoms with van der Waals surface area (Å²) in [7, 11) is 2.14. The molecule has 0 saturated carbocycles. The maximum Gasteiger partial charge on any atom is 0.117 e. The summed E-state index contributed by atoms with van der Waals surface area (Å²) in [5.74, 6) is 1.03. The number of furan rings is 1. The number of likely N-dealkylation sites (N-methyl/N-ethyl adjacent to an activating group) is 1. The van der Waals surface area contributed by atoms with E-state index in [1.165, 1.54) is 12.8 Å². The Labute approximate surface area is 105 Å². The highest BCUT2D eigenvalue weighted by atomic mass is 16.3. The van der Waals surface area contributed by atoms with Crippen LogP contribution in [0, 0.1) is 0 Å². The maximum atomic E-state index is 5.36. The Hall–Kier alpha value is -0.800.